The predicted molar refractivity (Wildman–Crippen MR) is 144 cm³/mol. The fraction of sp³-hybridized carbons (Fsp3) is 0.296. The Hall–Kier alpha value is -3.40. The van der Waals surface area contributed by atoms with Gasteiger partial charge in [0.15, 0.2) is 0 Å². The molecule has 0 bridgehead atoms. The molecule has 1 fully saturated rings. The number of rotatable bonds is 8. The predicted octanol–water partition coefficient (Wildman–Crippen LogP) is 3.90. The van der Waals surface area contributed by atoms with E-state index in [1.807, 2.05) is 20.2 Å². The van der Waals surface area contributed by atoms with Crippen molar-refractivity contribution in [2.24, 2.45) is 0 Å². The molecule has 8 nitrogen and oxygen atoms in total. The summed E-state index contributed by atoms with van der Waals surface area (Å²) in [5.74, 6) is 0. The number of sulfonamides is 1. The summed E-state index contributed by atoms with van der Waals surface area (Å²) in [5.41, 5.74) is 4.28. The highest BCUT2D eigenvalue weighted by molar-refractivity contribution is 7.92. The monoisotopic (exact) mass is 505 g/mol. The van der Waals surface area contributed by atoms with Gasteiger partial charge in [0.2, 0.25) is 0 Å². The molecule has 1 N–H and O–H groups in total. The average Bonchev–Trinajstić information content (AvgIpc) is 3.28. The summed E-state index contributed by atoms with van der Waals surface area (Å²) in [6, 6.07) is 18.4. The quantitative estimate of drug-likeness (QED) is 0.391. The minimum absolute atomic E-state index is 0.220. The van der Waals surface area contributed by atoms with Gasteiger partial charge in [0.05, 0.1) is 29.2 Å². The summed E-state index contributed by atoms with van der Waals surface area (Å²) in [6.07, 6.45) is 3.75. The highest BCUT2D eigenvalue weighted by atomic mass is 32.2. The van der Waals surface area contributed by atoms with Crippen LogP contribution in [0.4, 0.5) is 11.4 Å². The van der Waals surface area contributed by atoms with Crippen molar-refractivity contribution in [3.05, 3.63) is 73.1 Å². The van der Waals surface area contributed by atoms with Crippen molar-refractivity contribution in [3.8, 4) is 11.1 Å². The first-order valence-corrected chi connectivity index (χ1v) is 13.5. The zero-order chi connectivity index (χ0) is 25.1. The number of nitrogens with one attached hydrogen (secondary N) is 1. The molecule has 0 unspecified atom stereocenters. The van der Waals surface area contributed by atoms with Gasteiger partial charge in [-0.15, -0.1) is 0 Å². The van der Waals surface area contributed by atoms with Crippen molar-refractivity contribution in [1.29, 1.82) is 0 Å². The molecule has 1 saturated heterocycles. The van der Waals surface area contributed by atoms with Gasteiger partial charge in [-0.05, 0) is 35.9 Å². The molecule has 0 saturated carbocycles. The normalized spacial score (nSPS) is 14.7. The number of ether oxygens (including phenoxy) is 1. The lowest BCUT2D eigenvalue weighted by atomic mass is 10.0. The largest absolute Gasteiger partial charge is 0.379 e. The second-order valence-corrected chi connectivity index (χ2v) is 10.8. The Bertz CT molecular complexity index is 1450. The van der Waals surface area contributed by atoms with E-state index < -0.39 is 10.0 Å². The van der Waals surface area contributed by atoms with Crippen molar-refractivity contribution in [2.75, 3.05) is 56.6 Å². The van der Waals surface area contributed by atoms with Crippen molar-refractivity contribution in [1.82, 2.24) is 14.5 Å². The second kappa shape index (κ2) is 10.3. The van der Waals surface area contributed by atoms with E-state index in [0.29, 0.717) is 5.69 Å². The van der Waals surface area contributed by atoms with Crippen molar-refractivity contribution >= 4 is 32.4 Å². The van der Waals surface area contributed by atoms with E-state index in [2.05, 4.69) is 48.5 Å². The molecule has 1 aliphatic rings. The summed E-state index contributed by atoms with van der Waals surface area (Å²) in [5, 5.41) is 0.787. The third-order valence-electron chi connectivity index (χ3n) is 6.49. The number of hydrogen-bond donors (Lipinski definition) is 1. The van der Waals surface area contributed by atoms with E-state index >= 15 is 0 Å². The maximum absolute atomic E-state index is 13.2. The van der Waals surface area contributed by atoms with Gasteiger partial charge in [0.25, 0.3) is 10.0 Å². The van der Waals surface area contributed by atoms with Crippen LogP contribution in [0.15, 0.2) is 78.0 Å². The number of pyridine rings is 1. The molecule has 188 valence electrons. The van der Waals surface area contributed by atoms with Gasteiger partial charge in [0.1, 0.15) is 5.65 Å². The van der Waals surface area contributed by atoms with Crippen LogP contribution in [-0.2, 0) is 21.3 Å². The number of hydrogen-bond acceptors (Lipinski definition) is 6. The maximum atomic E-state index is 13.2. The lowest BCUT2D eigenvalue weighted by Gasteiger charge is -2.26. The minimum Gasteiger partial charge on any atom is -0.379 e. The van der Waals surface area contributed by atoms with Crippen LogP contribution < -0.4 is 9.62 Å². The van der Waals surface area contributed by atoms with Crippen LogP contribution in [0.3, 0.4) is 0 Å². The van der Waals surface area contributed by atoms with Crippen molar-refractivity contribution in [2.45, 2.75) is 11.4 Å². The van der Waals surface area contributed by atoms with E-state index in [-0.39, 0.29) is 4.90 Å². The van der Waals surface area contributed by atoms with Crippen LogP contribution in [0, 0.1) is 0 Å². The standard InChI is InChI=1S/C27H31N5O3S/c1-30(2)22-8-6-7-21(19-22)24-20-32(14-13-31-15-17-35-18-16-31)27-26(24)25(11-12-28-27)29-36(33,34)23-9-4-3-5-10-23/h3-12,19-20H,13-18H2,1-2H3,(H,28,29). The van der Waals surface area contributed by atoms with E-state index in [4.69, 9.17) is 4.74 Å². The molecule has 4 aromatic rings. The fourth-order valence-corrected chi connectivity index (χ4v) is 5.61. The zero-order valence-corrected chi connectivity index (χ0v) is 21.4. The smallest absolute Gasteiger partial charge is 0.261 e. The van der Waals surface area contributed by atoms with Gasteiger partial charge in [0, 0.05) is 63.9 Å². The number of anilines is 2. The number of nitrogens with zero attached hydrogens (tertiary/aromatic N) is 4. The summed E-state index contributed by atoms with van der Waals surface area (Å²) in [6.45, 7) is 4.92. The number of fused-ring (bicyclic) bond motifs is 1. The Labute approximate surface area is 212 Å². The van der Waals surface area contributed by atoms with Gasteiger partial charge in [-0.1, -0.05) is 30.3 Å². The molecular weight excluding hydrogens is 474 g/mol. The van der Waals surface area contributed by atoms with Crippen LogP contribution >= 0.6 is 0 Å². The molecule has 36 heavy (non-hydrogen) atoms. The van der Waals surface area contributed by atoms with Crippen molar-refractivity contribution < 1.29 is 13.2 Å². The van der Waals surface area contributed by atoms with Crippen LogP contribution in [0.1, 0.15) is 0 Å². The molecule has 1 aliphatic heterocycles. The molecule has 0 amide bonds. The lowest BCUT2D eigenvalue weighted by molar-refractivity contribution is 0.0365. The Balaban J connectivity index is 1.59. The first kappa shape index (κ1) is 24.3. The van der Waals surface area contributed by atoms with E-state index in [1.165, 1.54) is 0 Å². The van der Waals surface area contributed by atoms with Crippen LogP contribution in [0.2, 0.25) is 0 Å². The van der Waals surface area contributed by atoms with E-state index in [1.54, 1.807) is 42.6 Å². The first-order valence-electron chi connectivity index (χ1n) is 12.1. The summed E-state index contributed by atoms with van der Waals surface area (Å²) in [4.78, 5) is 9.34. The molecule has 2 aromatic carbocycles. The van der Waals surface area contributed by atoms with Gasteiger partial charge < -0.3 is 14.2 Å². The molecular formula is C27H31N5O3S. The molecule has 0 spiro atoms. The van der Waals surface area contributed by atoms with E-state index in [0.717, 1.165) is 67.2 Å². The minimum atomic E-state index is -3.76. The Kier molecular flexibility index (Phi) is 6.95. The first-order chi connectivity index (χ1) is 17.4. The van der Waals surface area contributed by atoms with Gasteiger partial charge >= 0.3 is 0 Å². The highest BCUT2D eigenvalue weighted by Gasteiger charge is 2.21. The average molecular weight is 506 g/mol. The third-order valence-corrected chi connectivity index (χ3v) is 7.87. The van der Waals surface area contributed by atoms with Gasteiger partial charge in [-0.3, -0.25) is 9.62 Å². The fourth-order valence-electron chi connectivity index (χ4n) is 4.52. The number of aromatic nitrogens is 2. The molecule has 9 heteroatoms. The number of benzene rings is 2. The second-order valence-electron chi connectivity index (χ2n) is 9.11. The SMILES string of the molecule is CN(C)c1cccc(-c2cn(CCN3CCOCC3)c3nccc(NS(=O)(=O)c4ccccc4)c23)c1. The molecule has 0 radical (unpaired) electrons. The number of morpholine rings is 1. The zero-order valence-electron chi connectivity index (χ0n) is 20.6. The lowest BCUT2D eigenvalue weighted by Crippen LogP contribution is -2.38. The summed E-state index contributed by atoms with van der Waals surface area (Å²) >= 11 is 0. The Morgan fingerprint density at radius 1 is 1.00 bits per heavy atom. The molecule has 3 heterocycles. The summed E-state index contributed by atoms with van der Waals surface area (Å²) in [7, 11) is 0.248. The Morgan fingerprint density at radius 3 is 2.53 bits per heavy atom. The maximum Gasteiger partial charge on any atom is 0.261 e. The molecule has 5 rings (SSSR count). The van der Waals surface area contributed by atoms with Crippen LogP contribution in [0.5, 0.6) is 0 Å². The summed E-state index contributed by atoms with van der Waals surface area (Å²) < 4.78 is 36.9. The van der Waals surface area contributed by atoms with Gasteiger partial charge in [-0.2, -0.15) is 0 Å². The molecule has 0 aliphatic carbocycles. The van der Waals surface area contributed by atoms with Gasteiger partial charge in [-0.25, -0.2) is 13.4 Å². The van der Waals surface area contributed by atoms with Crippen LogP contribution in [0.25, 0.3) is 22.2 Å². The third kappa shape index (κ3) is 5.09. The topological polar surface area (TPSA) is 79.7 Å². The Morgan fingerprint density at radius 2 is 1.78 bits per heavy atom. The molecule has 2 aromatic heterocycles. The highest BCUT2D eigenvalue weighted by Crippen LogP contribution is 2.37. The van der Waals surface area contributed by atoms with Crippen molar-refractivity contribution in [3.63, 3.8) is 0 Å². The van der Waals surface area contributed by atoms with E-state index in [9.17, 15) is 8.42 Å². The molecule has 0 atom stereocenters. The van der Waals surface area contributed by atoms with Crippen LogP contribution in [-0.4, -0.2) is 69.8 Å².